The molecule has 2 aromatic carbocycles. The first kappa shape index (κ1) is 17.9. The second-order valence-electron chi connectivity index (χ2n) is 6.42. The first-order valence-corrected chi connectivity index (χ1v) is 8.63. The number of carbonyl (C=O) groups is 2. The van der Waals surface area contributed by atoms with Gasteiger partial charge in [-0.3, -0.25) is 9.69 Å². The first-order valence-electron chi connectivity index (χ1n) is 8.63. The minimum atomic E-state index is -1.12. The van der Waals surface area contributed by atoms with Gasteiger partial charge in [0.15, 0.2) is 0 Å². The lowest BCUT2D eigenvalue weighted by molar-refractivity contribution is -0.126. The molecule has 6 nitrogen and oxygen atoms in total. The smallest absolute Gasteiger partial charge is 0.408 e. The Kier molecular flexibility index (Phi) is 5.53. The minimum absolute atomic E-state index is 0.0693. The third-order valence-electron chi connectivity index (χ3n) is 4.60. The highest BCUT2D eigenvalue weighted by molar-refractivity contribution is 5.87. The number of amides is 2. The Bertz CT molecular complexity index is 778. The molecule has 6 heteroatoms. The fourth-order valence-corrected chi connectivity index (χ4v) is 3.33. The first-order chi connectivity index (χ1) is 12.6. The molecule has 0 radical (unpaired) electrons. The summed E-state index contributed by atoms with van der Waals surface area (Å²) in [4.78, 5) is 25.4. The molecule has 0 bridgehead atoms. The molecule has 0 fully saturated rings. The lowest BCUT2D eigenvalue weighted by Crippen LogP contribution is -2.48. The van der Waals surface area contributed by atoms with Crippen molar-refractivity contribution >= 4 is 12.0 Å². The number of nitrogens with one attached hydrogen (secondary N) is 1. The Morgan fingerprint density at radius 3 is 2.54 bits per heavy atom. The standard InChI is InChI=1S/C20H22N2O4/c23-16(12-14-6-2-1-3-7-14)13-21-19(24)18-17-9-5-4-8-15(17)10-11-22(18)20(25)26/h1-9,16,18,23H,10-13H2,(H,21,24)(H,25,26). The van der Waals surface area contributed by atoms with Crippen molar-refractivity contribution in [2.75, 3.05) is 13.1 Å². The van der Waals surface area contributed by atoms with Gasteiger partial charge in [-0.25, -0.2) is 4.79 Å². The van der Waals surface area contributed by atoms with Crippen LogP contribution in [-0.4, -0.2) is 46.3 Å². The van der Waals surface area contributed by atoms with Crippen LogP contribution in [0.5, 0.6) is 0 Å². The van der Waals surface area contributed by atoms with Crippen molar-refractivity contribution in [3.05, 3.63) is 71.3 Å². The quantitative estimate of drug-likeness (QED) is 0.766. The van der Waals surface area contributed by atoms with Crippen LogP contribution in [0.2, 0.25) is 0 Å². The molecule has 3 rings (SSSR count). The summed E-state index contributed by atoms with van der Waals surface area (Å²) in [5.41, 5.74) is 2.66. The average molecular weight is 354 g/mol. The van der Waals surface area contributed by atoms with E-state index >= 15 is 0 Å². The van der Waals surface area contributed by atoms with Gasteiger partial charge in [0, 0.05) is 19.5 Å². The van der Waals surface area contributed by atoms with E-state index in [4.69, 9.17) is 0 Å². The van der Waals surface area contributed by atoms with Crippen molar-refractivity contribution in [1.82, 2.24) is 10.2 Å². The van der Waals surface area contributed by atoms with Crippen molar-refractivity contribution in [3.63, 3.8) is 0 Å². The molecule has 2 atom stereocenters. The number of benzene rings is 2. The SMILES string of the molecule is O=C(NCC(O)Cc1ccccc1)C1c2ccccc2CCN1C(=O)O. The monoisotopic (exact) mass is 354 g/mol. The molecular formula is C20H22N2O4. The maximum atomic E-state index is 12.7. The highest BCUT2D eigenvalue weighted by atomic mass is 16.4. The predicted molar refractivity (Wildman–Crippen MR) is 96.8 cm³/mol. The summed E-state index contributed by atoms with van der Waals surface area (Å²) in [6, 6.07) is 16.0. The van der Waals surface area contributed by atoms with Gasteiger partial charge < -0.3 is 15.5 Å². The highest BCUT2D eigenvalue weighted by Crippen LogP contribution is 2.29. The number of nitrogens with zero attached hydrogens (tertiary/aromatic N) is 1. The molecule has 0 spiro atoms. The molecule has 0 aliphatic carbocycles. The van der Waals surface area contributed by atoms with E-state index in [0.717, 1.165) is 16.0 Å². The number of aliphatic hydroxyl groups excluding tert-OH is 1. The Morgan fingerprint density at radius 1 is 1.12 bits per heavy atom. The van der Waals surface area contributed by atoms with Crippen molar-refractivity contribution in [2.45, 2.75) is 25.0 Å². The van der Waals surface area contributed by atoms with Crippen molar-refractivity contribution in [2.24, 2.45) is 0 Å². The van der Waals surface area contributed by atoms with Gasteiger partial charge in [0.05, 0.1) is 6.10 Å². The van der Waals surface area contributed by atoms with Crippen LogP contribution in [0.1, 0.15) is 22.7 Å². The number of aliphatic hydroxyl groups is 1. The summed E-state index contributed by atoms with van der Waals surface area (Å²) in [6.07, 6.45) is -0.851. The zero-order valence-electron chi connectivity index (χ0n) is 14.3. The second-order valence-corrected chi connectivity index (χ2v) is 6.42. The Labute approximate surface area is 152 Å². The maximum absolute atomic E-state index is 12.7. The summed E-state index contributed by atoms with van der Waals surface area (Å²) in [5, 5.41) is 22.3. The largest absolute Gasteiger partial charge is 0.465 e. The molecular weight excluding hydrogens is 332 g/mol. The van der Waals surface area contributed by atoms with Gasteiger partial charge in [0.1, 0.15) is 6.04 Å². The van der Waals surface area contributed by atoms with Gasteiger partial charge in [-0.05, 0) is 23.1 Å². The van der Waals surface area contributed by atoms with Gasteiger partial charge in [0.2, 0.25) is 5.91 Å². The molecule has 1 heterocycles. The van der Waals surface area contributed by atoms with Crippen LogP contribution in [-0.2, 0) is 17.6 Å². The van der Waals surface area contributed by atoms with E-state index in [1.54, 1.807) is 12.1 Å². The van der Waals surface area contributed by atoms with E-state index in [1.807, 2.05) is 42.5 Å². The molecule has 26 heavy (non-hydrogen) atoms. The molecule has 0 saturated heterocycles. The Balaban J connectivity index is 1.68. The molecule has 2 amide bonds. The topological polar surface area (TPSA) is 89.9 Å². The van der Waals surface area contributed by atoms with E-state index in [2.05, 4.69) is 5.32 Å². The van der Waals surface area contributed by atoms with Gasteiger partial charge in [-0.2, -0.15) is 0 Å². The van der Waals surface area contributed by atoms with Gasteiger partial charge in [0.25, 0.3) is 0 Å². The number of carbonyl (C=O) groups excluding carboxylic acids is 1. The molecule has 0 saturated carbocycles. The summed E-state index contributed by atoms with van der Waals surface area (Å²) in [5.74, 6) is -0.410. The van der Waals surface area contributed by atoms with Crippen LogP contribution in [0, 0.1) is 0 Å². The zero-order chi connectivity index (χ0) is 18.5. The fourth-order valence-electron chi connectivity index (χ4n) is 3.33. The van der Waals surface area contributed by atoms with Crippen LogP contribution < -0.4 is 5.32 Å². The normalized spacial score (nSPS) is 17.3. The van der Waals surface area contributed by atoms with E-state index < -0.39 is 24.1 Å². The number of carboxylic acid groups (broad SMARTS) is 1. The lowest BCUT2D eigenvalue weighted by Gasteiger charge is -2.34. The predicted octanol–water partition coefficient (Wildman–Crippen LogP) is 1.98. The fraction of sp³-hybridized carbons (Fsp3) is 0.300. The molecule has 3 N–H and O–H groups in total. The second kappa shape index (κ2) is 8.01. The van der Waals surface area contributed by atoms with Gasteiger partial charge >= 0.3 is 6.09 Å². The Hall–Kier alpha value is -2.86. The van der Waals surface area contributed by atoms with E-state index in [1.165, 1.54) is 0 Å². The van der Waals surface area contributed by atoms with Gasteiger partial charge in [-0.15, -0.1) is 0 Å². The molecule has 136 valence electrons. The van der Waals surface area contributed by atoms with Crippen molar-refractivity contribution in [3.8, 4) is 0 Å². The van der Waals surface area contributed by atoms with Crippen molar-refractivity contribution < 1.29 is 19.8 Å². The molecule has 1 aliphatic heterocycles. The lowest BCUT2D eigenvalue weighted by atomic mass is 9.92. The number of rotatable bonds is 5. The van der Waals surface area contributed by atoms with E-state index in [9.17, 15) is 19.8 Å². The third-order valence-corrected chi connectivity index (χ3v) is 4.60. The number of hydrogen-bond donors (Lipinski definition) is 3. The Morgan fingerprint density at radius 2 is 1.81 bits per heavy atom. The van der Waals surface area contributed by atoms with Crippen LogP contribution in [0.3, 0.4) is 0 Å². The van der Waals surface area contributed by atoms with Crippen LogP contribution >= 0.6 is 0 Å². The summed E-state index contributed by atoms with van der Waals surface area (Å²) in [6.45, 7) is 0.344. The van der Waals surface area contributed by atoms with Crippen LogP contribution in [0.25, 0.3) is 0 Å². The highest BCUT2D eigenvalue weighted by Gasteiger charge is 2.35. The summed E-state index contributed by atoms with van der Waals surface area (Å²) >= 11 is 0. The summed E-state index contributed by atoms with van der Waals surface area (Å²) in [7, 11) is 0. The molecule has 1 aliphatic rings. The maximum Gasteiger partial charge on any atom is 0.408 e. The molecule has 2 unspecified atom stereocenters. The van der Waals surface area contributed by atoms with E-state index in [-0.39, 0.29) is 13.1 Å². The van der Waals surface area contributed by atoms with Crippen LogP contribution in [0.4, 0.5) is 4.79 Å². The van der Waals surface area contributed by atoms with Crippen LogP contribution in [0.15, 0.2) is 54.6 Å². The summed E-state index contributed by atoms with van der Waals surface area (Å²) < 4.78 is 0. The molecule has 0 aromatic heterocycles. The average Bonchev–Trinajstić information content (AvgIpc) is 2.66. The molecule has 2 aromatic rings. The van der Waals surface area contributed by atoms with Gasteiger partial charge in [-0.1, -0.05) is 54.6 Å². The number of hydrogen-bond acceptors (Lipinski definition) is 3. The third kappa shape index (κ3) is 4.03. The van der Waals surface area contributed by atoms with E-state index in [0.29, 0.717) is 18.4 Å². The minimum Gasteiger partial charge on any atom is -0.465 e. The number of fused-ring (bicyclic) bond motifs is 1. The van der Waals surface area contributed by atoms with Crippen molar-refractivity contribution in [1.29, 1.82) is 0 Å². The zero-order valence-corrected chi connectivity index (χ0v) is 14.3.